The van der Waals surface area contributed by atoms with Crippen LogP contribution < -0.4 is 11.1 Å². The van der Waals surface area contributed by atoms with E-state index < -0.39 is 17.3 Å². The Morgan fingerprint density at radius 2 is 1.95 bits per heavy atom. The van der Waals surface area contributed by atoms with Crippen molar-refractivity contribution in [1.29, 1.82) is 0 Å². The van der Waals surface area contributed by atoms with Gasteiger partial charge >= 0.3 is 6.18 Å². The van der Waals surface area contributed by atoms with Crippen LogP contribution in [-0.4, -0.2) is 11.4 Å². The predicted octanol–water partition coefficient (Wildman–Crippen LogP) is 2.59. The molecule has 3 nitrogen and oxygen atoms in total. The van der Waals surface area contributed by atoms with Gasteiger partial charge in [-0.3, -0.25) is 4.79 Å². The maximum atomic E-state index is 12.6. The van der Waals surface area contributed by atoms with Gasteiger partial charge in [0.05, 0.1) is 11.1 Å². The summed E-state index contributed by atoms with van der Waals surface area (Å²) in [5.74, 6) is -0.285. The average Bonchev–Trinajstić information content (AvgIpc) is 2.83. The van der Waals surface area contributed by atoms with E-state index in [9.17, 15) is 18.0 Å². The van der Waals surface area contributed by atoms with Crippen molar-refractivity contribution in [1.82, 2.24) is 5.32 Å². The molecular weight excluding hydrogens is 269 g/mol. The minimum atomic E-state index is -4.37. The smallest absolute Gasteiger partial charge is 0.350 e. The first-order valence-corrected chi connectivity index (χ1v) is 6.55. The number of nitrogens with two attached hydrogens (primary N) is 1. The lowest BCUT2D eigenvalue weighted by Gasteiger charge is -2.22. The Bertz CT molecular complexity index is 493. The zero-order valence-corrected chi connectivity index (χ0v) is 11.0. The molecule has 1 saturated carbocycles. The van der Waals surface area contributed by atoms with E-state index >= 15 is 0 Å². The first-order valence-electron chi connectivity index (χ1n) is 6.55. The third-order valence-electron chi connectivity index (χ3n) is 3.66. The lowest BCUT2D eigenvalue weighted by molar-refractivity contribution is -0.137. The Balaban J connectivity index is 1.99. The number of hydrogen-bond acceptors (Lipinski definition) is 2. The molecule has 0 radical (unpaired) electrons. The fourth-order valence-corrected chi connectivity index (χ4v) is 2.45. The van der Waals surface area contributed by atoms with Gasteiger partial charge in [-0.15, -0.1) is 0 Å². The summed E-state index contributed by atoms with van der Waals surface area (Å²) in [5.41, 5.74) is 4.81. The molecule has 1 amide bonds. The highest BCUT2D eigenvalue weighted by atomic mass is 19.4. The number of hydrogen-bond donors (Lipinski definition) is 2. The van der Waals surface area contributed by atoms with Crippen LogP contribution in [0.25, 0.3) is 0 Å². The van der Waals surface area contributed by atoms with E-state index in [1.807, 2.05) is 0 Å². The molecule has 6 heteroatoms. The molecule has 110 valence electrons. The second kappa shape index (κ2) is 5.44. The van der Waals surface area contributed by atoms with Gasteiger partial charge in [0, 0.05) is 6.54 Å². The van der Waals surface area contributed by atoms with Crippen molar-refractivity contribution in [3.8, 4) is 0 Å². The van der Waals surface area contributed by atoms with Crippen molar-refractivity contribution in [2.75, 3.05) is 0 Å². The summed E-state index contributed by atoms with van der Waals surface area (Å²) in [6, 6.07) is 4.93. The second-order valence-electron chi connectivity index (χ2n) is 5.24. The Hall–Kier alpha value is -1.56. The molecule has 0 unspecified atom stereocenters. The van der Waals surface area contributed by atoms with Crippen LogP contribution in [0, 0.1) is 0 Å². The summed E-state index contributed by atoms with van der Waals surface area (Å²) in [6.07, 6.45) is -1.30. The van der Waals surface area contributed by atoms with Crippen molar-refractivity contribution in [3.05, 3.63) is 35.4 Å². The van der Waals surface area contributed by atoms with E-state index in [1.54, 1.807) is 6.07 Å². The topological polar surface area (TPSA) is 55.1 Å². The first-order chi connectivity index (χ1) is 9.31. The van der Waals surface area contributed by atoms with Crippen molar-refractivity contribution >= 4 is 5.91 Å². The summed E-state index contributed by atoms with van der Waals surface area (Å²) in [7, 11) is 0. The highest BCUT2D eigenvalue weighted by Gasteiger charge is 2.36. The molecular formula is C14H17F3N2O. The van der Waals surface area contributed by atoms with Crippen molar-refractivity contribution in [2.45, 2.75) is 43.9 Å². The van der Waals surface area contributed by atoms with Gasteiger partial charge in [-0.2, -0.15) is 13.2 Å². The lowest BCUT2D eigenvalue weighted by Crippen LogP contribution is -2.51. The van der Waals surface area contributed by atoms with E-state index in [1.165, 1.54) is 6.07 Å². The van der Waals surface area contributed by atoms with Crippen LogP contribution in [-0.2, 0) is 17.5 Å². The standard InChI is InChI=1S/C14H17F3N2O/c15-14(16,17)11-5-3-4-10(8-11)9-19-12(20)13(18)6-1-2-7-13/h3-5,8H,1-2,6-7,9,18H2,(H,19,20). The van der Waals surface area contributed by atoms with Crippen LogP contribution in [0.4, 0.5) is 13.2 Å². The highest BCUT2D eigenvalue weighted by Crippen LogP contribution is 2.30. The highest BCUT2D eigenvalue weighted by molar-refractivity contribution is 5.86. The Kier molecular flexibility index (Phi) is 4.04. The maximum absolute atomic E-state index is 12.6. The Morgan fingerprint density at radius 3 is 2.55 bits per heavy atom. The number of benzene rings is 1. The van der Waals surface area contributed by atoms with Crippen LogP contribution in [0.1, 0.15) is 36.8 Å². The van der Waals surface area contributed by atoms with Crippen molar-refractivity contribution in [2.24, 2.45) is 5.73 Å². The van der Waals surface area contributed by atoms with Gasteiger partial charge in [-0.25, -0.2) is 0 Å². The van der Waals surface area contributed by atoms with Gasteiger partial charge in [0.1, 0.15) is 0 Å². The molecule has 0 spiro atoms. The molecule has 1 aliphatic carbocycles. The molecule has 1 aromatic rings. The summed E-state index contributed by atoms with van der Waals surface area (Å²) < 4.78 is 37.7. The molecule has 1 aliphatic rings. The van der Waals surface area contributed by atoms with E-state index in [-0.39, 0.29) is 12.5 Å². The summed E-state index contributed by atoms with van der Waals surface area (Å²) in [6.45, 7) is 0.0572. The number of amides is 1. The van der Waals surface area contributed by atoms with Gasteiger partial charge < -0.3 is 11.1 Å². The third kappa shape index (κ3) is 3.30. The third-order valence-corrected chi connectivity index (χ3v) is 3.66. The summed E-state index contributed by atoms with van der Waals surface area (Å²) in [4.78, 5) is 12.0. The molecule has 0 bridgehead atoms. The summed E-state index contributed by atoms with van der Waals surface area (Å²) >= 11 is 0. The predicted molar refractivity (Wildman–Crippen MR) is 68.7 cm³/mol. The van der Waals surface area contributed by atoms with Crippen LogP contribution in [0.2, 0.25) is 0 Å². The van der Waals surface area contributed by atoms with Crippen molar-refractivity contribution < 1.29 is 18.0 Å². The van der Waals surface area contributed by atoms with Gasteiger partial charge in [0.2, 0.25) is 5.91 Å². The molecule has 0 saturated heterocycles. The van der Waals surface area contributed by atoms with Gasteiger partial charge in [0.25, 0.3) is 0 Å². The fourth-order valence-electron chi connectivity index (χ4n) is 2.45. The van der Waals surface area contributed by atoms with Gasteiger partial charge in [-0.05, 0) is 30.5 Å². The molecule has 0 aromatic heterocycles. The second-order valence-corrected chi connectivity index (χ2v) is 5.24. The molecule has 3 N–H and O–H groups in total. The summed E-state index contributed by atoms with van der Waals surface area (Å²) in [5, 5.41) is 2.63. The monoisotopic (exact) mass is 286 g/mol. The van der Waals surface area contributed by atoms with E-state index in [0.717, 1.165) is 25.0 Å². The fraction of sp³-hybridized carbons (Fsp3) is 0.500. The SMILES string of the molecule is NC1(C(=O)NCc2cccc(C(F)(F)F)c2)CCCC1. The molecule has 0 atom stereocenters. The van der Waals surface area contributed by atoms with E-state index in [2.05, 4.69) is 5.32 Å². The molecule has 2 rings (SSSR count). The minimum absolute atomic E-state index is 0.0572. The quantitative estimate of drug-likeness (QED) is 0.897. The molecule has 0 aliphatic heterocycles. The number of carbonyl (C=O) groups is 1. The number of rotatable bonds is 3. The molecule has 0 heterocycles. The molecule has 1 aromatic carbocycles. The molecule has 1 fully saturated rings. The Labute approximate surface area is 115 Å². The minimum Gasteiger partial charge on any atom is -0.350 e. The largest absolute Gasteiger partial charge is 0.416 e. The van der Waals surface area contributed by atoms with Crippen molar-refractivity contribution in [3.63, 3.8) is 0 Å². The number of alkyl halides is 3. The molecule has 20 heavy (non-hydrogen) atoms. The average molecular weight is 286 g/mol. The van der Waals surface area contributed by atoms with E-state index in [0.29, 0.717) is 18.4 Å². The van der Waals surface area contributed by atoms with Crippen LogP contribution in [0.5, 0.6) is 0 Å². The maximum Gasteiger partial charge on any atom is 0.416 e. The Morgan fingerprint density at radius 1 is 1.30 bits per heavy atom. The zero-order chi connectivity index (χ0) is 14.8. The number of halogens is 3. The zero-order valence-electron chi connectivity index (χ0n) is 11.0. The van der Waals surface area contributed by atoms with E-state index in [4.69, 9.17) is 5.73 Å². The first kappa shape index (κ1) is 14.8. The van der Waals surface area contributed by atoms with Crippen LogP contribution in [0.15, 0.2) is 24.3 Å². The number of nitrogens with one attached hydrogen (secondary N) is 1. The van der Waals surface area contributed by atoms with Gasteiger partial charge in [0.15, 0.2) is 0 Å². The number of carbonyl (C=O) groups excluding carboxylic acids is 1. The van der Waals surface area contributed by atoms with Crippen LogP contribution >= 0.6 is 0 Å². The normalized spacial score (nSPS) is 18.0. The van der Waals surface area contributed by atoms with Gasteiger partial charge in [-0.1, -0.05) is 25.0 Å². The lowest BCUT2D eigenvalue weighted by atomic mass is 9.98. The van der Waals surface area contributed by atoms with Crippen LogP contribution in [0.3, 0.4) is 0 Å².